The highest BCUT2D eigenvalue weighted by Crippen LogP contribution is 2.20. The number of nitrogens with one attached hydrogen (secondary N) is 1. The van der Waals surface area contributed by atoms with Crippen LogP contribution in [-0.2, 0) is 14.3 Å². The number of methoxy groups -OCH3 is 1. The molecule has 126 valence electrons. The minimum absolute atomic E-state index is 0.00819. The molecule has 1 heterocycles. The smallest absolute Gasteiger partial charge is 0.248 e. The number of hydrogen-bond donors (Lipinski definition) is 1. The van der Waals surface area contributed by atoms with E-state index in [9.17, 15) is 9.59 Å². The number of ether oxygens (including phenoxy) is 1. The van der Waals surface area contributed by atoms with Crippen LogP contribution in [0.5, 0.6) is 0 Å². The topological polar surface area (TPSA) is 61.9 Å². The Bertz CT molecular complexity index is 572. The van der Waals surface area contributed by atoms with E-state index in [1.807, 2.05) is 17.9 Å². The first-order chi connectivity index (χ1) is 11.0. The van der Waals surface area contributed by atoms with Crippen LogP contribution in [0.2, 0.25) is 5.02 Å². The van der Waals surface area contributed by atoms with E-state index in [4.69, 9.17) is 16.3 Å². The average molecular weight is 340 g/mol. The first-order valence-electron chi connectivity index (χ1n) is 7.54. The standard InChI is InChI=1S/C16H22ClN3O3/c1-12-3-4-13(17)9-14(12)18-15(21)10-19-5-7-20(8-6-19)16(22)11-23-2/h3-4,9H,5-8,10-11H2,1-2H3,(H,18,21). The molecule has 1 aromatic rings. The van der Waals surface area contributed by atoms with Gasteiger partial charge in [0.2, 0.25) is 11.8 Å². The number of nitrogens with zero attached hydrogens (tertiary/aromatic N) is 2. The second-order valence-corrected chi connectivity index (χ2v) is 6.03. The van der Waals surface area contributed by atoms with Crippen molar-refractivity contribution in [2.24, 2.45) is 0 Å². The molecule has 1 aliphatic rings. The van der Waals surface area contributed by atoms with Crippen LogP contribution < -0.4 is 5.32 Å². The van der Waals surface area contributed by atoms with Crippen LogP contribution in [0.3, 0.4) is 0 Å². The van der Waals surface area contributed by atoms with Crippen molar-refractivity contribution in [3.63, 3.8) is 0 Å². The van der Waals surface area contributed by atoms with E-state index < -0.39 is 0 Å². The first kappa shape index (κ1) is 17.7. The number of benzene rings is 1. The van der Waals surface area contributed by atoms with Gasteiger partial charge in [0.1, 0.15) is 6.61 Å². The molecule has 23 heavy (non-hydrogen) atoms. The van der Waals surface area contributed by atoms with E-state index in [1.165, 1.54) is 7.11 Å². The predicted octanol–water partition coefficient (Wildman–Crippen LogP) is 1.38. The van der Waals surface area contributed by atoms with Crippen LogP contribution >= 0.6 is 11.6 Å². The Morgan fingerprint density at radius 3 is 2.61 bits per heavy atom. The zero-order valence-electron chi connectivity index (χ0n) is 13.5. The maximum atomic E-state index is 12.2. The fraction of sp³-hybridized carbons (Fsp3) is 0.500. The molecule has 6 nitrogen and oxygen atoms in total. The largest absolute Gasteiger partial charge is 0.375 e. The Morgan fingerprint density at radius 1 is 1.26 bits per heavy atom. The molecule has 1 aromatic carbocycles. The molecule has 1 fully saturated rings. The fourth-order valence-electron chi connectivity index (χ4n) is 2.49. The van der Waals surface area contributed by atoms with Crippen LogP contribution in [0.15, 0.2) is 18.2 Å². The summed E-state index contributed by atoms with van der Waals surface area (Å²) >= 11 is 5.95. The third kappa shape index (κ3) is 5.20. The van der Waals surface area contributed by atoms with Gasteiger partial charge in [-0.15, -0.1) is 0 Å². The molecule has 0 spiro atoms. The van der Waals surface area contributed by atoms with Crippen molar-refractivity contribution in [2.75, 3.05) is 51.8 Å². The summed E-state index contributed by atoms with van der Waals surface area (Å²) in [7, 11) is 1.51. The molecule has 0 aromatic heterocycles. The normalized spacial score (nSPS) is 15.5. The monoisotopic (exact) mass is 339 g/mol. The van der Waals surface area contributed by atoms with Gasteiger partial charge in [-0.1, -0.05) is 17.7 Å². The molecule has 0 saturated carbocycles. The fourth-order valence-corrected chi connectivity index (χ4v) is 2.66. The average Bonchev–Trinajstić information content (AvgIpc) is 2.52. The SMILES string of the molecule is COCC(=O)N1CCN(CC(=O)Nc2cc(Cl)ccc2C)CC1. The lowest BCUT2D eigenvalue weighted by Crippen LogP contribution is -2.51. The quantitative estimate of drug-likeness (QED) is 0.880. The van der Waals surface area contributed by atoms with E-state index in [0.717, 1.165) is 11.3 Å². The Kier molecular flexibility index (Phi) is 6.38. The summed E-state index contributed by atoms with van der Waals surface area (Å²) < 4.78 is 4.86. The van der Waals surface area contributed by atoms with Crippen LogP contribution in [-0.4, -0.2) is 68.1 Å². The van der Waals surface area contributed by atoms with Gasteiger partial charge < -0.3 is 15.0 Å². The molecule has 2 amide bonds. The van der Waals surface area contributed by atoms with Gasteiger partial charge in [0, 0.05) is 44.0 Å². The summed E-state index contributed by atoms with van der Waals surface area (Å²) in [5.41, 5.74) is 1.70. The highest BCUT2D eigenvalue weighted by atomic mass is 35.5. The van der Waals surface area contributed by atoms with Gasteiger partial charge >= 0.3 is 0 Å². The lowest BCUT2D eigenvalue weighted by atomic mass is 10.2. The van der Waals surface area contributed by atoms with Crippen molar-refractivity contribution >= 4 is 29.1 Å². The van der Waals surface area contributed by atoms with Gasteiger partial charge in [0.25, 0.3) is 0 Å². The van der Waals surface area contributed by atoms with Crippen molar-refractivity contribution < 1.29 is 14.3 Å². The van der Waals surface area contributed by atoms with Crippen molar-refractivity contribution in [3.05, 3.63) is 28.8 Å². The number of carbonyl (C=O) groups is 2. The van der Waals surface area contributed by atoms with Gasteiger partial charge in [-0.2, -0.15) is 0 Å². The Morgan fingerprint density at radius 2 is 1.96 bits per heavy atom. The van der Waals surface area contributed by atoms with Gasteiger partial charge in [0.05, 0.1) is 6.54 Å². The molecule has 1 aliphatic heterocycles. The predicted molar refractivity (Wildman–Crippen MR) is 89.7 cm³/mol. The summed E-state index contributed by atoms with van der Waals surface area (Å²) in [5, 5.41) is 3.48. The molecular formula is C16H22ClN3O3. The second kappa shape index (κ2) is 8.29. The number of anilines is 1. The maximum absolute atomic E-state index is 12.2. The molecule has 1 N–H and O–H groups in total. The Hall–Kier alpha value is -1.63. The van der Waals surface area contributed by atoms with E-state index in [2.05, 4.69) is 5.32 Å². The first-order valence-corrected chi connectivity index (χ1v) is 7.92. The third-order valence-electron chi connectivity index (χ3n) is 3.83. The van der Waals surface area contributed by atoms with E-state index in [0.29, 0.717) is 37.7 Å². The van der Waals surface area contributed by atoms with Gasteiger partial charge in [-0.25, -0.2) is 0 Å². The summed E-state index contributed by atoms with van der Waals surface area (Å²) in [4.78, 5) is 27.7. The van der Waals surface area contributed by atoms with Gasteiger partial charge in [0.15, 0.2) is 0 Å². The number of aryl methyl sites for hydroxylation is 1. The molecular weight excluding hydrogens is 318 g/mol. The van der Waals surface area contributed by atoms with Crippen molar-refractivity contribution in [2.45, 2.75) is 6.92 Å². The molecule has 7 heteroatoms. The minimum atomic E-state index is -0.0768. The highest BCUT2D eigenvalue weighted by molar-refractivity contribution is 6.31. The second-order valence-electron chi connectivity index (χ2n) is 5.60. The summed E-state index contributed by atoms with van der Waals surface area (Å²) in [6.07, 6.45) is 0. The Balaban J connectivity index is 1.81. The van der Waals surface area contributed by atoms with Crippen LogP contribution in [0.1, 0.15) is 5.56 Å². The molecule has 0 unspecified atom stereocenters. The van der Waals surface area contributed by atoms with Crippen LogP contribution in [0.4, 0.5) is 5.69 Å². The van der Waals surface area contributed by atoms with E-state index >= 15 is 0 Å². The Labute approximate surface area is 141 Å². The van der Waals surface area contributed by atoms with Crippen molar-refractivity contribution in [1.29, 1.82) is 0 Å². The van der Waals surface area contributed by atoms with E-state index in [1.54, 1.807) is 17.0 Å². The summed E-state index contributed by atoms with van der Waals surface area (Å²) in [6, 6.07) is 5.41. The molecule has 2 rings (SSSR count). The lowest BCUT2D eigenvalue weighted by molar-refractivity contribution is -0.137. The molecule has 0 radical (unpaired) electrons. The zero-order chi connectivity index (χ0) is 16.8. The van der Waals surface area contributed by atoms with Crippen LogP contribution in [0.25, 0.3) is 0 Å². The van der Waals surface area contributed by atoms with Crippen molar-refractivity contribution in [3.8, 4) is 0 Å². The van der Waals surface area contributed by atoms with Gasteiger partial charge in [-0.05, 0) is 24.6 Å². The molecule has 1 saturated heterocycles. The van der Waals surface area contributed by atoms with Gasteiger partial charge in [-0.3, -0.25) is 14.5 Å². The minimum Gasteiger partial charge on any atom is -0.375 e. The van der Waals surface area contributed by atoms with E-state index in [-0.39, 0.29) is 18.4 Å². The summed E-state index contributed by atoms with van der Waals surface area (Å²) in [6.45, 7) is 4.92. The number of amides is 2. The van der Waals surface area contributed by atoms with Crippen LogP contribution in [0, 0.1) is 6.92 Å². The molecule has 0 atom stereocenters. The third-order valence-corrected chi connectivity index (χ3v) is 4.07. The molecule has 0 bridgehead atoms. The number of carbonyl (C=O) groups excluding carboxylic acids is 2. The zero-order valence-corrected chi connectivity index (χ0v) is 14.2. The lowest BCUT2D eigenvalue weighted by Gasteiger charge is -2.34. The molecule has 0 aliphatic carbocycles. The van der Waals surface area contributed by atoms with Crippen molar-refractivity contribution in [1.82, 2.24) is 9.80 Å². The summed E-state index contributed by atoms with van der Waals surface area (Å²) in [5.74, 6) is -0.0850. The number of halogens is 1. The number of hydrogen-bond acceptors (Lipinski definition) is 4. The maximum Gasteiger partial charge on any atom is 0.248 e. The highest BCUT2D eigenvalue weighted by Gasteiger charge is 2.22. The number of piperazine rings is 1. The number of rotatable bonds is 5.